The lowest BCUT2D eigenvalue weighted by atomic mass is 9.72. The van der Waals surface area contributed by atoms with Crippen molar-refractivity contribution in [3.05, 3.63) is 116 Å². The number of Topliss-reactive ketones (excluding diaryl/α,β-unsaturated/α-hetero) is 1. The van der Waals surface area contributed by atoms with Gasteiger partial charge in [-0.3, -0.25) is 4.79 Å². The molecule has 5 rings (SSSR count). The van der Waals surface area contributed by atoms with Crippen molar-refractivity contribution in [1.82, 2.24) is 5.32 Å². The summed E-state index contributed by atoms with van der Waals surface area (Å²) in [6.07, 6.45) is 1.67. The van der Waals surface area contributed by atoms with Crippen molar-refractivity contribution in [2.45, 2.75) is 38.0 Å². The van der Waals surface area contributed by atoms with E-state index in [4.69, 9.17) is 4.74 Å². The van der Waals surface area contributed by atoms with E-state index in [1.807, 2.05) is 48.7 Å². The summed E-state index contributed by atoms with van der Waals surface area (Å²) < 4.78 is 19.4. The molecule has 0 radical (unpaired) electrons. The van der Waals surface area contributed by atoms with Crippen LogP contribution in [-0.2, 0) is 20.7 Å². The summed E-state index contributed by atoms with van der Waals surface area (Å²) in [4.78, 5) is 28.1. The maximum atomic E-state index is 13.7. The zero-order valence-corrected chi connectivity index (χ0v) is 20.2. The van der Waals surface area contributed by atoms with Gasteiger partial charge >= 0.3 is 5.97 Å². The standard InChI is InChI=1S/C29H26FNO3S/c1-18-26(29(33)34-14-13-19-6-3-2-4-7-19)27(20-9-11-22(30)12-10-20)28-23(31-18)16-21(17-24(28)32)25-8-5-15-35-25/h2-12,15,21,27,31H,13-14,16-17H2,1H3. The number of hydrogen-bond acceptors (Lipinski definition) is 5. The third kappa shape index (κ3) is 4.84. The predicted octanol–water partition coefficient (Wildman–Crippen LogP) is 6.03. The summed E-state index contributed by atoms with van der Waals surface area (Å²) in [5, 5.41) is 5.38. The molecule has 0 saturated heterocycles. The predicted molar refractivity (Wildman–Crippen MR) is 134 cm³/mol. The van der Waals surface area contributed by atoms with Gasteiger partial charge in [0.15, 0.2) is 5.78 Å². The molecule has 2 unspecified atom stereocenters. The van der Waals surface area contributed by atoms with E-state index >= 15 is 0 Å². The van der Waals surface area contributed by atoms with Gasteiger partial charge < -0.3 is 10.1 Å². The van der Waals surface area contributed by atoms with E-state index in [2.05, 4.69) is 11.4 Å². The number of allylic oxidation sites excluding steroid dienone is 3. The van der Waals surface area contributed by atoms with E-state index in [1.165, 1.54) is 17.0 Å². The van der Waals surface area contributed by atoms with Gasteiger partial charge in [0.05, 0.1) is 12.2 Å². The normalized spacial score (nSPS) is 19.9. The Labute approximate surface area is 208 Å². The number of rotatable bonds is 6. The molecule has 0 fully saturated rings. The molecule has 0 spiro atoms. The number of carbonyl (C=O) groups is 2. The SMILES string of the molecule is CC1=C(C(=O)OCCc2ccccc2)C(c2ccc(F)cc2)C2=C(CC(c3cccs3)CC2=O)N1. The highest BCUT2D eigenvalue weighted by Gasteiger charge is 2.41. The van der Waals surface area contributed by atoms with Crippen molar-refractivity contribution in [3.63, 3.8) is 0 Å². The number of benzene rings is 2. The summed E-state index contributed by atoms with van der Waals surface area (Å²) in [6.45, 7) is 2.07. The van der Waals surface area contributed by atoms with Crippen LogP contribution in [0.2, 0.25) is 0 Å². The van der Waals surface area contributed by atoms with Crippen molar-refractivity contribution < 1.29 is 18.7 Å². The number of ketones is 1. The summed E-state index contributed by atoms with van der Waals surface area (Å²) in [7, 11) is 0. The summed E-state index contributed by atoms with van der Waals surface area (Å²) in [6, 6.07) is 19.9. The van der Waals surface area contributed by atoms with Gasteiger partial charge in [-0.25, -0.2) is 9.18 Å². The van der Waals surface area contributed by atoms with E-state index in [-0.39, 0.29) is 24.1 Å². The molecule has 6 heteroatoms. The second kappa shape index (κ2) is 10.0. The third-order valence-electron chi connectivity index (χ3n) is 6.66. The summed E-state index contributed by atoms with van der Waals surface area (Å²) in [5.41, 5.74) is 4.29. The second-order valence-electron chi connectivity index (χ2n) is 8.96. The van der Waals surface area contributed by atoms with Gasteiger partial charge in [-0.05, 0) is 48.1 Å². The van der Waals surface area contributed by atoms with Crippen LogP contribution in [0.1, 0.15) is 47.6 Å². The molecule has 2 atom stereocenters. The molecule has 0 amide bonds. The Hall–Kier alpha value is -3.51. The van der Waals surface area contributed by atoms with Gasteiger partial charge in [0.1, 0.15) is 5.82 Å². The molecule has 178 valence electrons. The van der Waals surface area contributed by atoms with Gasteiger partial charge in [-0.2, -0.15) is 0 Å². The van der Waals surface area contributed by atoms with Crippen LogP contribution in [0.15, 0.2) is 94.7 Å². The molecular weight excluding hydrogens is 461 g/mol. The number of nitrogens with one attached hydrogen (secondary N) is 1. The second-order valence-corrected chi connectivity index (χ2v) is 9.94. The minimum Gasteiger partial charge on any atom is -0.462 e. The number of halogens is 1. The van der Waals surface area contributed by atoms with E-state index in [1.54, 1.807) is 23.5 Å². The monoisotopic (exact) mass is 487 g/mol. The minimum atomic E-state index is -0.590. The first kappa shape index (κ1) is 23.2. The highest BCUT2D eigenvalue weighted by atomic mass is 32.1. The van der Waals surface area contributed by atoms with Crippen molar-refractivity contribution in [1.29, 1.82) is 0 Å². The quantitative estimate of drug-likeness (QED) is 0.431. The average molecular weight is 488 g/mol. The molecule has 4 nitrogen and oxygen atoms in total. The Morgan fingerprint density at radius 3 is 2.54 bits per heavy atom. The van der Waals surface area contributed by atoms with Crippen LogP contribution in [0, 0.1) is 5.82 Å². The lowest BCUT2D eigenvalue weighted by Gasteiger charge is -2.36. The smallest absolute Gasteiger partial charge is 0.336 e. The highest BCUT2D eigenvalue weighted by molar-refractivity contribution is 7.10. The van der Waals surface area contributed by atoms with Gasteiger partial charge in [0.2, 0.25) is 0 Å². The first-order valence-corrected chi connectivity index (χ1v) is 12.6. The topological polar surface area (TPSA) is 55.4 Å². The van der Waals surface area contributed by atoms with Gasteiger partial charge in [0, 0.05) is 46.5 Å². The molecule has 1 aliphatic heterocycles. The third-order valence-corrected chi connectivity index (χ3v) is 7.70. The van der Waals surface area contributed by atoms with Crippen LogP contribution in [0.5, 0.6) is 0 Å². The molecule has 0 saturated carbocycles. The zero-order chi connectivity index (χ0) is 24.4. The Kier molecular flexibility index (Phi) is 6.64. The fourth-order valence-electron chi connectivity index (χ4n) is 5.01. The lowest BCUT2D eigenvalue weighted by Crippen LogP contribution is -2.36. The van der Waals surface area contributed by atoms with Gasteiger partial charge in [-0.15, -0.1) is 11.3 Å². The van der Waals surface area contributed by atoms with Crippen molar-refractivity contribution in [2.75, 3.05) is 6.61 Å². The molecule has 1 aliphatic carbocycles. The van der Waals surface area contributed by atoms with Crippen molar-refractivity contribution in [2.24, 2.45) is 0 Å². The van der Waals surface area contributed by atoms with Crippen LogP contribution >= 0.6 is 11.3 Å². The van der Waals surface area contributed by atoms with E-state index in [9.17, 15) is 14.0 Å². The Morgan fingerprint density at radius 2 is 1.83 bits per heavy atom. The first-order valence-electron chi connectivity index (χ1n) is 11.7. The fourth-order valence-corrected chi connectivity index (χ4v) is 5.84. The van der Waals surface area contributed by atoms with E-state index < -0.39 is 11.9 Å². The van der Waals surface area contributed by atoms with Gasteiger partial charge in [0.25, 0.3) is 0 Å². The molecule has 2 aromatic carbocycles. The zero-order valence-electron chi connectivity index (χ0n) is 19.4. The highest BCUT2D eigenvalue weighted by Crippen LogP contribution is 2.46. The maximum absolute atomic E-state index is 13.7. The first-order chi connectivity index (χ1) is 17.0. The Bertz CT molecular complexity index is 1290. The molecule has 0 bridgehead atoms. The van der Waals surface area contributed by atoms with Gasteiger partial charge in [-0.1, -0.05) is 48.5 Å². The van der Waals surface area contributed by atoms with Crippen LogP contribution < -0.4 is 5.32 Å². The van der Waals surface area contributed by atoms with Crippen molar-refractivity contribution in [3.8, 4) is 0 Å². The number of carbonyl (C=O) groups excluding carboxylic acids is 2. The number of hydrogen-bond donors (Lipinski definition) is 1. The molecule has 2 aliphatic rings. The maximum Gasteiger partial charge on any atom is 0.336 e. The van der Waals surface area contributed by atoms with Crippen LogP contribution in [0.3, 0.4) is 0 Å². The molecular formula is C29H26FNO3S. The number of dihydropyridines is 1. The molecule has 35 heavy (non-hydrogen) atoms. The number of esters is 1. The Balaban J connectivity index is 1.46. The van der Waals surface area contributed by atoms with Crippen LogP contribution in [-0.4, -0.2) is 18.4 Å². The van der Waals surface area contributed by atoms with Crippen LogP contribution in [0.4, 0.5) is 4.39 Å². The van der Waals surface area contributed by atoms with Crippen LogP contribution in [0.25, 0.3) is 0 Å². The molecule has 1 aromatic heterocycles. The summed E-state index contributed by atoms with van der Waals surface area (Å²) >= 11 is 1.65. The summed E-state index contributed by atoms with van der Waals surface area (Å²) in [5.74, 6) is -1.30. The molecule has 1 N–H and O–H groups in total. The van der Waals surface area contributed by atoms with Crippen molar-refractivity contribution >= 4 is 23.1 Å². The number of ether oxygens (including phenoxy) is 1. The molecule has 3 aromatic rings. The minimum absolute atomic E-state index is 0.00793. The fraction of sp³-hybridized carbons (Fsp3) is 0.241. The largest absolute Gasteiger partial charge is 0.462 e. The Morgan fingerprint density at radius 1 is 1.06 bits per heavy atom. The van der Waals surface area contributed by atoms with E-state index in [0.29, 0.717) is 41.7 Å². The van der Waals surface area contributed by atoms with E-state index in [0.717, 1.165) is 11.3 Å². The average Bonchev–Trinajstić information content (AvgIpc) is 3.39. The lowest BCUT2D eigenvalue weighted by molar-refractivity contribution is -0.139. The molecule has 2 heterocycles. The number of thiophene rings is 1.